The van der Waals surface area contributed by atoms with Crippen molar-refractivity contribution in [3.63, 3.8) is 0 Å². The third kappa shape index (κ3) is 3.36. The largest absolute Gasteiger partial charge is 0.294 e. The van der Waals surface area contributed by atoms with Crippen molar-refractivity contribution in [3.8, 4) is 0 Å². The van der Waals surface area contributed by atoms with Gasteiger partial charge in [-0.1, -0.05) is 55.5 Å². The molecule has 0 N–H and O–H groups in total. The molecule has 0 saturated heterocycles. The van der Waals surface area contributed by atoms with E-state index in [2.05, 4.69) is 55.5 Å². The van der Waals surface area contributed by atoms with Crippen LogP contribution in [0.25, 0.3) is 6.08 Å². The minimum Gasteiger partial charge on any atom is -0.294 e. The van der Waals surface area contributed by atoms with E-state index in [-0.39, 0.29) is 0 Å². The number of allylic oxidation sites excluding steroid dienone is 1. The molecule has 0 amide bonds. The van der Waals surface area contributed by atoms with Crippen LogP contribution in [0.2, 0.25) is 0 Å². The van der Waals surface area contributed by atoms with Crippen LogP contribution in [-0.4, -0.2) is 5.78 Å². The van der Waals surface area contributed by atoms with Gasteiger partial charge in [-0.15, -0.1) is 0 Å². The Morgan fingerprint density at radius 3 is 2.55 bits per heavy atom. The summed E-state index contributed by atoms with van der Waals surface area (Å²) >= 11 is 0. The SMILES string of the molecule is CCc1ccc(CC/C=C/c2ccc3c(c2)C(=O)CC3)cc1. The zero-order chi connectivity index (χ0) is 15.4. The molecule has 0 saturated carbocycles. The highest BCUT2D eigenvalue weighted by molar-refractivity contribution is 6.00. The smallest absolute Gasteiger partial charge is 0.163 e. The van der Waals surface area contributed by atoms with Crippen molar-refractivity contribution < 1.29 is 4.79 Å². The fourth-order valence-electron chi connectivity index (χ4n) is 2.97. The Morgan fingerprint density at radius 1 is 1.00 bits per heavy atom. The highest BCUT2D eigenvalue weighted by Crippen LogP contribution is 2.23. The molecule has 0 radical (unpaired) electrons. The van der Waals surface area contributed by atoms with Gasteiger partial charge in [0.05, 0.1) is 0 Å². The van der Waals surface area contributed by atoms with E-state index in [0.29, 0.717) is 12.2 Å². The average Bonchev–Trinajstić information content (AvgIpc) is 2.93. The van der Waals surface area contributed by atoms with E-state index < -0.39 is 0 Å². The zero-order valence-electron chi connectivity index (χ0n) is 13.1. The van der Waals surface area contributed by atoms with Gasteiger partial charge in [0.15, 0.2) is 5.78 Å². The zero-order valence-corrected chi connectivity index (χ0v) is 13.1. The van der Waals surface area contributed by atoms with E-state index in [1.165, 1.54) is 16.7 Å². The van der Waals surface area contributed by atoms with Crippen molar-refractivity contribution >= 4 is 11.9 Å². The van der Waals surface area contributed by atoms with Gasteiger partial charge >= 0.3 is 0 Å². The maximum Gasteiger partial charge on any atom is 0.163 e. The summed E-state index contributed by atoms with van der Waals surface area (Å²) in [6.45, 7) is 2.18. The highest BCUT2D eigenvalue weighted by Gasteiger charge is 2.18. The Hall–Kier alpha value is -2.15. The van der Waals surface area contributed by atoms with Crippen LogP contribution in [0.5, 0.6) is 0 Å². The molecule has 1 aliphatic carbocycles. The number of Topliss-reactive ketones (excluding diaryl/α,β-unsaturated/α-hetero) is 1. The van der Waals surface area contributed by atoms with Crippen LogP contribution in [0, 0.1) is 0 Å². The topological polar surface area (TPSA) is 17.1 Å². The number of ketones is 1. The molecule has 0 aromatic heterocycles. The van der Waals surface area contributed by atoms with Crippen molar-refractivity contribution in [2.24, 2.45) is 0 Å². The lowest BCUT2D eigenvalue weighted by Gasteiger charge is -2.01. The fourth-order valence-corrected chi connectivity index (χ4v) is 2.97. The van der Waals surface area contributed by atoms with Crippen LogP contribution >= 0.6 is 0 Å². The molecule has 2 aromatic rings. The fraction of sp³-hybridized carbons (Fsp3) is 0.286. The Bertz CT molecular complexity index is 692. The summed E-state index contributed by atoms with van der Waals surface area (Å²) in [5, 5.41) is 0. The van der Waals surface area contributed by atoms with Gasteiger partial charge in [-0.25, -0.2) is 0 Å². The number of carbonyl (C=O) groups is 1. The molecule has 2 aromatic carbocycles. The minimum absolute atomic E-state index is 0.293. The summed E-state index contributed by atoms with van der Waals surface area (Å²) < 4.78 is 0. The monoisotopic (exact) mass is 290 g/mol. The summed E-state index contributed by atoms with van der Waals surface area (Å²) in [5.74, 6) is 0.293. The number of carbonyl (C=O) groups excluding carboxylic acids is 1. The van der Waals surface area contributed by atoms with E-state index in [1.54, 1.807) is 0 Å². The van der Waals surface area contributed by atoms with Gasteiger partial charge < -0.3 is 0 Å². The standard InChI is InChI=1S/C21H22O/c1-2-16-7-9-17(10-8-16)5-3-4-6-18-11-12-19-13-14-21(22)20(19)15-18/h4,6-12,15H,2-3,5,13-14H2,1H3/b6-4+. The second-order valence-electron chi connectivity index (χ2n) is 5.95. The molecule has 0 unspecified atom stereocenters. The minimum atomic E-state index is 0.293. The molecule has 0 bridgehead atoms. The van der Waals surface area contributed by atoms with E-state index in [0.717, 1.165) is 36.8 Å². The first kappa shape index (κ1) is 14.8. The lowest BCUT2D eigenvalue weighted by atomic mass is 10.0. The van der Waals surface area contributed by atoms with Crippen molar-refractivity contribution in [1.29, 1.82) is 0 Å². The summed E-state index contributed by atoms with van der Waals surface area (Å²) in [6, 6.07) is 15.1. The van der Waals surface area contributed by atoms with E-state index >= 15 is 0 Å². The van der Waals surface area contributed by atoms with Crippen molar-refractivity contribution in [1.82, 2.24) is 0 Å². The third-order valence-electron chi connectivity index (χ3n) is 4.40. The Kier molecular flexibility index (Phi) is 4.53. The van der Waals surface area contributed by atoms with Crippen LogP contribution < -0.4 is 0 Å². The molecular weight excluding hydrogens is 268 g/mol. The molecular formula is C21H22O. The molecule has 1 aliphatic rings. The Labute approximate surface area is 132 Å². The Morgan fingerprint density at radius 2 is 1.77 bits per heavy atom. The van der Waals surface area contributed by atoms with E-state index in [1.807, 2.05) is 6.07 Å². The molecule has 0 spiro atoms. The van der Waals surface area contributed by atoms with Gasteiger partial charge in [-0.05, 0) is 54.0 Å². The number of hydrogen-bond acceptors (Lipinski definition) is 1. The lowest BCUT2D eigenvalue weighted by molar-refractivity contribution is 0.0994. The van der Waals surface area contributed by atoms with Crippen LogP contribution in [0.4, 0.5) is 0 Å². The maximum atomic E-state index is 11.8. The van der Waals surface area contributed by atoms with Crippen molar-refractivity contribution in [2.75, 3.05) is 0 Å². The first-order chi connectivity index (χ1) is 10.8. The quantitative estimate of drug-likeness (QED) is 0.755. The molecule has 1 nitrogen and oxygen atoms in total. The van der Waals surface area contributed by atoms with Gasteiger partial charge in [0.25, 0.3) is 0 Å². The van der Waals surface area contributed by atoms with Gasteiger partial charge in [0.1, 0.15) is 0 Å². The second-order valence-corrected chi connectivity index (χ2v) is 5.95. The van der Waals surface area contributed by atoms with Crippen LogP contribution in [0.3, 0.4) is 0 Å². The third-order valence-corrected chi connectivity index (χ3v) is 4.40. The summed E-state index contributed by atoms with van der Waals surface area (Å²) in [7, 11) is 0. The molecule has 112 valence electrons. The first-order valence-corrected chi connectivity index (χ1v) is 8.17. The van der Waals surface area contributed by atoms with Crippen molar-refractivity contribution in [3.05, 3.63) is 76.4 Å². The van der Waals surface area contributed by atoms with E-state index in [4.69, 9.17) is 0 Å². The number of hydrogen-bond donors (Lipinski definition) is 0. The van der Waals surface area contributed by atoms with Crippen LogP contribution in [-0.2, 0) is 19.3 Å². The van der Waals surface area contributed by atoms with Crippen LogP contribution in [0.1, 0.15) is 52.4 Å². The van der Waals surface area contributed by atoms with Gasteiger partial charge in [-0.3, -0.25) is 4.79 Å². The maximum absolute atomic E-state index is 11.8. The number of rotatable bonds is 5. The summed E-state index contributed by atoms with van der Waals surface area (Å²) in [6.07, 6.45) is 9.10. The summed E-state index contributed by atoms with van der Waals surface area (Å²) in [4.78, 5) is 11.8. The van der Waals surface area contributed by atoms with Gasteiger partial charge in [0.2, 0.25) is 0 Å². The number of benzene rings is 2. The molecule has 0 aliphatic heterocycles. The normalized spacial score (nSPS) is 13.8. The molecule has 3 rings (SSSR count). The predicted octanol–water partition coefficient (Wildman–Crippen LogP) is 5.02. The molecule has 0 atom stereocenters. The average molecular weight is 290 g/mol. The van der Waals surface area contributed by atoms with Gasteiger partial charge in [-0.2, -0.15) is 0 Å². The molecule has 22 heavy (non-hydrogen) atoms. The molecule has 0 fully saturated rings. The lowest BCUT2D eigenvalue weighted by Crippen LogP contribution is -1.91. The highest BCUT2D eigenvalue weighted by atomic mass is 16.1. The van der Waals surface area contributed by atoms with Gasteiger partial charge in [0, 0.05) is 12.0 Å². The number of aryl methyl sites for hydroxylation is 3. The Balaban J connectivity index is 1.58. The summed E-state index contributed by atoms with van der Waals surface area (Å²) in [5.41, 5.74) is 6.04. The van der Waals surface area contributed by atoms with Crippen molar-refractivity contribution in [2.45, 2.75) is 39.0 Å². The predicted molar refractivity (Wildman–Crippen MR) is 92.3 cm³/mol. The number of fused-ring (bicyclic) bond motifs is 1. The van der Waals surface area contributed by atoms with Crippen LogP contribution in [0.15, 0.2) is 48.5 Å². The molecule has 1 heteroatoms. The molecule has 0 heterocycles. The van der Waals surface area contributed by atoms with E-state index in [9.17, 15) is 4.79 Å². The second kappa shape index (κ2) is 6.74. The first-order valence-electron chi connectivity index (χ1n) is 8.17.